The maximum atomic E-state index is 13.3. The van der Waals surface area contributed by atoms with Gasteiger partial charge in [0.1, 0.15) is 13.2 Å². The van der Waals surface area contributed by atoms with Gasteiger partial charge in [-0.15, -0.1) is 0 Å². The van der Waals surface area contributed by atoms with Crippen LogP contribution in [0.25, 0.3) is 0 Å². The Morgan fingerprint density at radius 3 is 1.09 bits per heavy atom. The largest absolute Gasteiger partial charge is 0.463 e. The Labute approximate surface area is 255 Å². The van der Waals surface area contributed by atoms with Crippen LogP contribution in [0.4, 0.5) is 0 Å². The molecule has 0 fully saturated rings. The molecule has 0 aliphatic rings. The molecule has 0 spiro atoms. The number of esters is 4. The van der Waals surface area contributed by atoms with Crippen LogP contribution in [0.15, 0.2) is 58.3 Å². The first kappa shape index (κ1) is 36.3. The third-order valence-electron chi connectivity index (χ3n) is 5.68. The van der Waals surface area contributed by atoms with Gasteiger partial charge in [0, 0.05) is 27.7 Å². The first-order valence-electron chi connectivity index (χ1n) is 13.0. The summed E-state index contributed by atoms with van der Waals surface area (Å²) in [6.07, 6.45) is -7.84. The van der Waals surface area contributed by atoms with Crippen LogP contribution in [0.5, 0.6) is 0 Å². The maximum Gasteiger partial charge on any atom is 0.303 e. The van der Waals surface area contributed by atoms with E-state index < -0.39 is 81.7 Å². The van der Waals surface area contributed by atoms with Gasteiger partial charge in [0.25, 0.3) is 20.2 Å². The smallest absolute Gasteiger partial charge is 0.303 e. The number of ether oxygens (including phenoxy) is 4. The van der Waals surface area contributed by atoms with Crippen molar-refractivity contribution >= 4 is 44.1 Å². The van der Waals surface area contributed by atoms with Gasteiger partial charge in [-0.3, -0.25) is 27.5 Å². The van der Waals surface area contributed by atoms with Crippen LogP contribution in [0, 0.1) is 13.8 Å². The molecule has 0 aliphatic heterocycles. The fourth-order valence-electron chi connectivity index (χ4n) is 3.69. The molecule has 0 aliphatic carbocycles. The van der Waals surface area contributed by atoms with Gasteiger partial charge < -0.3 is 18.9 Å². The molecular weight excluding hydrogens is 624 g/mol. The third kappa shape index (κ3) is 11.3. The standard InChI is InChI=1S/C28H34O14S2/c1-17-7-11-23(12-8-17)43(33,34)41-25(15-37-19(3)29)27(39-21(5)31)28(40-22(6)32)26(16-38-20(4)30)42-44(35,36)24-13-9-18(2)10-14-24/h7-14,25-28H,15-16H2,1-6H3. The molecule has 2 aromatic rings. The molecule has 4 atom stereocenters. The highest BCUT2D eigenvalue weighted by molar-refractivity contribution is 7.87. The number of benzene rings is 2. The van der Waals surface area contributed by atoms with Gasteiger partial charge >= 0.3 is 23.9 Å². The molecule has 0 bridgehead atoms. The highest BCUT2D eigenvalue weighted by Gasteiger charge is 2.46. The van der Waals surface area contributed by atoms with Gasteiger partial charge in [0.2, 0.25) is 0 Å². The Morgan fingerprint density at radius 1 is 0.545 bits per heavy atom. The summed E-state index contributed by atoms with van der Waals surface area (Å²) in [5, 5.41) is 0. The van der Waals surface area contributed by atoms with Crippen LogP contribution in [0.2, 0.25) is 0 Å². The van der Waals surface area contributed by atoms with E-state index in [-0.39, 0.29) is 9.79 Å². The van der Waals surface area contributed by atoms with E-state index in [9.17, 15) is 36.0 Å². The van der Waals surface area contributed by atoms with E-state index in [1.807, 2.05) is 0 Å². The molecule has 0 saturated carbocycles. The van der Waals surface area contributed by atoms with Crippen molar-refractivity contribution in [3.63, 3.8) is 0 Å². The average Bonchev–Trinajstić information content (AvgIpc) is 2.91. The molecule has 14 nitrogen and oxygen atoms in total. The number of carbonyl (C=O) groups is 4. The Hall–Kier alpha value is -3.86. The predicted octanol–water partition coefficient (Wildman–Crippen LogP) is 2.14. The van der Waals surface area contributed by atoms with Crippen molar-refractivity contribution in [1.29, 1.82) is 0 Å². The van der Waals surface area contributed by atoms with Crippen molar-refractivity contribution in [2.45, 2.75) is 75.7 Å². The van der Waals surface area contributed by atoms with E-state index in [4.69, 9.17) is 27.3 Å². The zero-order valence-corrected chi connectivity index (χ0v) is 26.5. The summed E-state index contributed by atoms with van der Waals surface area (Å²) < 4.78 is 84.3. The van der Waals surface area contributed by atoms with Crippen molar-refractivity contribution in [2.75, 3.05) is 13.2 Å². The summed E-state index contributed by atoms with van der Waals surface area (Å²) in [4.78, 5) is 47.3. The zero-order chi connectivity index (χ0) is 33.2. The van der Waals surface area contributed by atoms with Crippen LogP contribution in [0.3, 0.4) is 0 Å². The predicted molar refractivity (Wildman–Crippen MR) is 151 cm³/mol. The van der Waals surface area contributed by atoms with Crippen molar-refractivity contribution < 1.29 is 63.3 Å². The molecule has 0 N–H and O–H groups in total. The molecular formula is C28H34O14S2. The lowest BCUT2D eigenvalue weighted by Gasteiger charge is -2.35. The summed E-state index contributed by atoms with van der Waals surface area (Å²) in [5.74, 6) is -3.87. The number of aryl methyl sites for hydroxylation is 2. The summed E-state index contributed by atoms with van der Waals surface area (Å²) in [5.41, 5.74) is 1.46. The number of rotatable bonds is 15. The summed E-state index contributed by atoms with van der Waals surface area (Å²) in [6, 6.07) is 10.9. The van der Waals surface area contributed by atoms with Crippen LogP contribution in [-0.2, 0) is 66.7 Å². The van der Waals surface area contributed by atoms with Crippen molar-refractivity contribution in [1.82, 2.24) is 0 Å². The van der Waals surface area contributed by atoms with Gasteiger partial charge in [-0.2, -0.15) is 16.8 Å². The Bertz CT molecular complexity index is 1410. The monoisotopic (exact) mass is 658 g/mol. The van der Waals surface area contributed by atoms with E-state index >= 15 is 0 Å². The van der Waals surface area contributed by atoms with E-state index in [0.29, 0.717) is 0 Å². The van der Waals surface area contributed by atoms with Crippen molar-refractivity contribution in [2.24, 2.45) is 0 Å². The molecule has 44 heavy (non-hydrogen) atoms. The van der Waals surface area contributed by atoms with Gasteiger partial charge in [0.05, 0.1) is 9.79 Å². The molecule has 0 amide bonds. The van der Waals surface area contributed by atoms with E-state index in [0.717, 1.165) is 38.8 Å². The SMILES string of the molecule is CC(=O)OCC(OS(=O)(=O)c1ccc(C)cc1)C(OC(C)=O)C(OC(C)=O)C(COC(C)=O)OS(=O)(=O)c1ccc(C)cc1. The molecule has 16 heteroatoms. The quantitative estimate of drug-likeness (QED) is 0.154. The first-order chi connectivity index (χ1) is 20.4. The molecule has 242 valence electrons. The van der Waals surface area contributed by atoms with E-state index in [1.54, 1.807) is 13.8 Å². The Morgan fingerprint density at radius 2 is 0.841 bits per heavy atom. The minimum atomic E-state index is -4.67. The van der Waals surface area contributed by atoms with Crippen LogP contribution < -0.4 is 0 Å². The van der Waals surface area contributed by atoms with E-state index in [1.165, 1.54) is 48.5 Å². The molecule has 0 saturated heterocycles. The van der Waals surface area contributed by atoms with Gasteiger partial charge in [-0.25, -0.2) is 0 Å². The highest BCUT2D eigenvalue weighted by Crippen LogP contribution is 2.26. The highest BCUT2D eigenvalue weighted by atomic mass is 32.2. The lowest BCUT2D eigenvalue weighted by Crippen LogP contribution is -2.54. The Balaban J connectivity index is 2.69. The molecule has 2 rings (SSSR count). The molecule has 0 heterocycles. The zero-order valence-electron chi connectivity index (χ0n) is 24.9. The summed E-state index contributed by atoms with van der Waals surface area (Å²) in [7, 11) is -9.34. The second-order valence-electron chi connectivity index (χ2n) is 9.56. The lowest BCUT2D eigenvalue weighted by atomic mass is 10.0. The molecule has 2 aromatic carbocycles. The maximum absolute atomic E-state index is 13.3. The lowest BCUT2D eigenvalue weighted by molar-refractivity contribution is -0.189. The molecule has 0 aromatic heterocycles. The molecule has 0 radical (unpaired) electrons. The van der Waals surface area contributed by atoms with Crippen molar-refractivity contribution in [3.8, 4) is 0 Å². The minimum absolute atomic E-state index is 0.323. The second kappa shape index (κ2) is 15.7. The van der Waals surface area contributed by atoms with Gasteiger partial charge in [-0.1, -0.05) is 35.4 Å². The topological polar surface area (TPSA) is 192 Å². The van der Waals surface area contributed by atoms with Crippen LogP contribution in [-0.4, -0.2) is 78.3 Å². The fraction of sp³-hybridized carbons (Fsp3) is 0.429. The summed E-state index contributed by atoms with van der Waals surface area (Å²) >= 11 is 0. The number of hydrogen-bond donors (Lipinski definition) is 0. The molecule has 4 unspecified atom stereocenters. The Kier molecular flexibility index (Phi) is 13.0. The fourth-order valence-corrected chi connectivity index (χ4v) is 5.83. The van der Waals surface area contributed by atoms with Crippen molar-refractivity contribution in [3.05, 3.63) is 59.7 Å². The normalized spacial score (nSPS) is 14.4. The average molecular weight is 659 g/mol. The second-order valence-corrected chi connectivity index (χ2v) is 12.7. The van der Waals surface area contributed by atoms with Gasteiger partial charge in [0.15, 0.2) is 24.4 Å². The number of hydrogen-bond acceptors (Lipinski definition) is 14. The van der Waals surface area contributed by atoms with E-state index in [2.05, 4.69) is 0 Å². The van der Waals surface area contributed by atoms with Gasteiger partial charge in [-0.05, 0) is 38.1 Å². The van der Waals surface area contributed by atoms with Crippen LogP contribution in [0.1, 0.15) is 38.8 Å². The van der Waals surface area contributed by atoms with Crippen LogP contribution >= 0.6 is 0 Å². The third-order valence-corrected chi connectivity index (χ3v) is 8.38. The minimum Gasteiger partial charge on any atom is -0.463 e. The summed E-state index contributed by atoms with van der Waals surface area (Å²) in [6.45, 7) is 5.57. The first-order valence-corrected chi connectivity index (χ1v) is 15.8. The number of carbonyl (C=O) groups excluding carboxylic acids is 4.